The van der Waals surface area contributed by atoms with Crippen LogP contribution in [0.5, 0.6) is 0 Å². The molecule has 2 saturated carbocycles. The van der Waals surface area contributed by atoms with Gasteiger partial charge in [0.05, 0.1) is 21.7 Å². The molecule has 1 amide bonds. The van der Waals surface area contributed by atoms with E-state index in [0.29, 0.717) is 27.4 Å². The third-order valence-corrected chi connectivity index (χ3v) is 5.64. The average molecular weight is 328 g/mol. The Labute approximate surface area is 134 Å². The summed E-state index contributed by atoms with van der Waals surface area (Å²) in [6.45, 7) is 0. The van der Waals surface area contributed by atoms with Crippen molar-refractivity contribution in [3.63, 3.8) is 0 Å². The molecule has 0 heterocycles. The summed E-state index contributed by atoms with van der Waals surface area (Å²) in [6, 6.07) is 5.33. The number of fused-ring (bicyclic) bond motifs is 1. The topological polar surface area (TPSA) is 40.5 Å². The van der Waals surface area contributed by atoms with Crippen molar-refractivity contribution in [2.24, 2.45) is 11.8 Å². The fraction of sp³-hybridized carbons (Fsp3) is 0.562. The molecule has 0 aromatic heterocycles. The molecule has 2 aliphatic carbocycles. The van der Waals surface area contributed by atoms with Crippen molar-refractivity contribution in [2.75, 3.05) is 7.05 Å². The van der Waals surface area contributed by atoms with E-state index in [1.807, 2.05) is 7.05 Å². The minimum absolute atomic E-state index is 0.115. The second-order valence-electron chi connectivity index (χ2n) is 6.28. The minimum Gasteiger partial charge on any atom is -0.393 e. The van der Waals surface area contributed by atoms with Crippen molar-refractivity contribution in [1.29, 1.82) is 0 Å². The number of carbonyl (C=O) groups is 1. The average Bonchev–Trinajstić information content (AvgIpc) is 2.94. The van der Waals surface area contributed by atoms with Crippen LogP contribution in [-0.4, -0.2) is 35.1 Å². The van der Waals surface area contributed by atoms with Gasteiger partial charge in [-0.3, -0.25) is 4.79 Å². The number of aliphatic hydroxyl groups excluding tert-OH is 1. The Hall–Kier alpha value is -0.770. The molecule has 0 spiro atoms. The van der Waals surface area contributed by atoms with E-state index in [2.05, 4.69) is 0 Å². The van der Waals surface area contributed by atoms with E-state index in [0.717, 1.165) is 25.7 Å². The second-order valence-corrected chi connectivity index (χ2v) is 7.10. The minimum atomic E-state index is -0.153. The molecule has 2 fully saturated rings. The van der Waals surface area contributed by atoms with Gasteiger partial charge in [-0.2, -0.15) is 0 Å². The number of nitrogens with zero attached hydrogens (tertiary/aromatic N) is 1. The van der Waals surface area contributed by atoms with Gasteiger partial charge >= 0.3 is 0 Å². The molecular weight excluding hydrogens is 309 g/mol. The molecule has 0 saturated heterocycles. The Balaban J connectivity index is 1.74. The van der Waals surface area contributed by atoms with Gasteiger partial charge in [0.15, 0.2) is 0 Å². The van der Waals surface area contributed by atoms with Gasteiger partial charge in [0.25, 0.3) is 5.91 Å². The largest absolute Gasteiger partial charge is 0.393 e. The first-order chi connectivity index (χ1) is 9.97. The molecule has 0 aliphatic heterocycles. The molecule has 2 unspecified atom stereocenters. The number of hydrogen-bond donors (Lipinski definition) is 1. The molecule has 0 radical (unpaired) electrons. The highest BCUT2D eigenvalue weighted by molar-refractivity contribution is 6.39. The van der Waals surface area contributed by atoms with Gasteiger partial charge in [-0.1, -0.05) is 29.3 Å². The molecule has 3 nitrogen and oxygen atoms in total. The van der Waals surface area contributed by atoms with Crippen molar-refractivity contribution in [1.82, 2.24) is 4.90 Å². The number of amides is 1. The van der Waals surface area contributed by atoms with Gasteiger partial charge in [0.2, 0.25) is 0 Å². The zero-order valence-corrected chi connectivity index (χ0v) is 13.4. The number of benzene rings is 1. The fourth-order valence-electron chi connectivity index (χ4n) is 3.91. The van der Waals surface area contributed by atoms with Crippen LogP contribution in [0.3, 0.4) is 0 Å². The van der Waals surface area contributed by atoms with Gasteiger partial charge in [0, 0.05) is 13.1 Å². The Morgan fingerprint density at radius 3 is 2.19 bits per heavy atom. The fourth-order valence-corrected chi connectivity index (χ4v) is 4.47. The molecule has 114 valence electrons. The summed E-state index contributed by atoms with van der Waals surface area (Å²) in [7, 11) is 1.82. The van der Waals surface area contributed by atoms with Gasteiger partial charge in [-0.15, -0.1) is 0 Å². The van der Waals surface area contributed by atoms with Crippen LogP contribution < -0.4 is 0 Å². The maximum atomic E-state index is 12.7. The highest BCUT2D eigenvalue weighted by Gasteiger charge is 2.43. The van der Waals surface area contributed by atoms with E-state index in [1.165, 1.54) is 0 Å². The van der Waals surface area contributed by atoms with Gasteiger partial charge in [-0.05, 0) is 49.7 Å². The number of aliphatic hydroxyl groups is 1. The van der Waals surface area contributed by atoms with E-state index >= 15 is 0 Å². The van der Waals surface area contributed by atoms with Gasteiger partial charge < -0.3 is 10.0 Å². The molecule has 2 aliphatic rings. The number of hydrogen-bond acceptors (Lipinski definition) is 2. The van der Waals surface area contributed by atoms with Crippen molar-refractivity contribution in [3.8, 4) is 0 Å². The zero-order chi connectivity index (χ0) is 15.1. The monoisotopic (exact) mass is 327 g/mol. The summed E-state index contributed by atoms with van der Waals surface area (Å²) in [6.07, 6.45) is 3.52. The van der Waals surface area contributed by atoms with E-state index < -0.39 is 0 Å². The molecule has 1 N–H and O–H groups in total. The number of carbonyl (C=O) groups excluding carboxylic acids is 1. The zero-order valence-electron chi connectivity index (χ0n) is 11.9. The standard InChI is InChI=1S/C16H19Cl2NO2/c1-19(11-5-9-7-12(20)8-10(9)6-11)16(21)15-13(17)3-2-4-14(15)18/h2-4,9-12,20H,5-8H2,1H3/t9-,10+,11?,12?. The van der Waals surface area contributed by atoms with Crippen LogP contribution in [-0.2, 0) is 0 Å². The van der Waals surface area contributed by atoms with Gasteiger partial charge in [-0.25, -0.2) is 0 Å². The normalized spacial score (nSPS) is 31.2. The maximum absolute atomic E-state index is 12.7. The molecule has 5 heteroatoms. The van der Waals surface area contributed by atoms with Crippen LogP contribution in [0.4, 0.5) is 0 Å². The third kappa shape index (κ3) is 2.79. The maximum Gasteiger partial charge on any atom is 0.256 e. The number of rotatable bonds is 2. The highest BCUT2D eigenvalue weighted by atomic mass is 35.5. The van der Waals surface area contributed by atoms with Crippen molar-refractivity contribution in [2.45, 2.75) is 37.8 Å². The Kier molecular flexibility index (Phi) is 4.17. The van der Waals surface area contributed by atoms with Crippen LogP contribution in [0.1, 0.15) is 36.0 Å². The molecule has 21 heavy (non-hydrogen) atoms. The second kappa shape index (κ2) is 5.79. The summed E-state index contributed by atoms with van der Waals surface area (Å²) in [5.41, 5.74) is 0.389. The first kappa shape index (κ1) is 15.1. The summed E-state index contributed by atoms with van der Waals surface area (Å²) >= 11 is 12.3. The van der Waals surface area contributed by atoms with Crippen molar-refractivity contribution in [3.05, 3.63) is 33.8 Å². The summed E-state index contributed by atoms with van der Waals surface area (Å²) in [5, 5.41) is 10.5. The highest BCUT2D eigenvalue weighted by Crippen LogP contribution is 2.45. The lowest BCUT2D eigenvalue weighted by Crippen LogP contribution is -2.36. The van der Waals surface area contributed by atoms with E-state index in [4.69, 9.17) is 23.2 Å². The van der Waals surface area contributed by atoms with E-state index in [-0.39, 0.29) is 18.1 Å². The third-order valence-electron chi connectivity index (χ3n) is 5.01. The molecule has 4 atom stereocenters. The smallest absolute Gasteiger partial charge is 0.256 e. The lowest BCUT2D eigenvalue weighted by molar-refractivity contribution is 0.0722. The lowest BCUT2D eigenvalue weighted by atomic mass is 10.0. The molecule has 3 rings (SSSR count). The Morgan fingerprint density at radius 2 is 1.67 bits per heavy atom. The summed E-state index contributed by atoms with van der Waals surface area (Å²) in [4.78, 5) is 14.4. The van der Waals surface area contributed by atoms with Crippen LogP contribution in [0, 0.1) is 11.8 Å². The molecule has 0 bridgehead atoms. The quantitative estimate of drug-likeness (QED) is 0.901. The summed E-state index contributed by atoms with van der Waals surface area (Å²) < 4.78 is 0. The number of halogens is 2. The van der Waals surface area contributed by atoms with E-state index in [9.17, 15) is 9.90 Å². The first-order valence-electron chi connectivity index (χ1n) is 7.36. The SMILES string of the molecule is CN(C(=O)c1c(Cl)cccc1Cl)C1C[C@H]2CC(O)C[C@H]2C1. The van der Waals surface area contributed by atoms with Crippen molar-refractivity contribution >= 4 is 29.1 Å². The van der Waals surface area contributed by atoms with E-state index in [1.54, 1.807) is 23.1 Å². The molecule has 1 aromatic rings. The summed E-state index contributed by atoms with van der Waals surface area (Å²) in [5.74, 6) is 0.972. The Morgan fingerprint density at radius 1 is 1.14 bits per heavy atom. The van der Waals surface area contributed by atoms with Crippen molar-refractivity contribution < 1.29 is 9.90 Å². The van der Waals surface area contributed by atoms with Crippen LogP contribution >= 0.6 is 23.2 Å². The molecular formula is C16H19Cl2NO2. The Bertz CT molecular complexity index is 529. The molecule has 1 aromatic carbocycles. The van der Waals surface area contributed by atoms with Gasteiger partial charge in [0.1, 0.15) is 0 Å². The first-order valence-corrected chi connectivity index (χ1v) is 8.12. The lowest BCUT2D eigenvalue weighted by Gasteiger charge is -2.26. The van der Waals surface area contributed by atoms with Crippen LogP contribution in [0.2, 0.25) is 10.0 Å². The predicted octanol–water partition coefficient (Wildman–Crippen LogP) is 3.61. The van der Waals surface area contributed by atoms with Crippen LogP contribution in [0.25, 0.3) is 0 Å². The van der Waals surface area contributed by atoms with Crippen LogP contribution in [0.15, 0.2) is 18.2 Å². The predicted molar refractivity (Wildman–Crippen MR) is 83.8 cm³/mol.